The molecular formula is C17H22ClN3O. The third kappa shape index (κ3) is 3.89. The molecule has 22 heavy (non-hydrogen) atoms. The smallest absolute Gasteiger partial charge is 0.287 e. The van der Waals surface area contributed by atoms with Gasteiger partial charge in [-0.25, -0.2) is 4.68 Å². The summed E-state index contributed by atoms with van der Waals surface area (Å²) < 4.78 is 1.41. The van der Waals surface area contributed by atoms with Crippen LogP contribution in [0, 0.1) is 0 Å². The normalized spacial score (nSPS) is 10.7. The number of anilines is 1. The van der Waals surface area contributed by atoms with Crippen molar-refractivity contribution in [2.24, 2.45) is 0 Å². The van der Waals surface area contributed by atoms with Crippen LogP contribution in [0.1, 0.15) is 32.3 Å². The number of benzene rings is 1. The molecule has 1 heterocycles. The standard InChI is InChI=1S/C17H22ClN3O/c1-3-5-11-20(4-2)15-12-19-21(17(22)16(15)18)13-14-9-7-6-8-10-14/h6-10,12H,3-5,11,13H2,1-2H3. The molecule has 0 amide bonds. The van der Waals surface area contributed by atoms with Crippen LogP contribution in [0.25, 0.3) is 0 Å². The molecular weight excluding hydrogens is 298 g/mol. The van der Waals surface area contributed by atoms with Gasteiger partial charge in [-0.1, -0.05) is 55.3 Å². The van der Waals surface area contributed by atoms with Crippen LogP contribution >= 0.6 is 11.6 Å². The molecule has 0 saturated carbocycles. The van der Waals surface area contributed by atoms with E-state index in [1.165, 1.54) is 4.68 Å². The van der Waals surface area contributed by atoms with Gasteiger partial charge in [0.05, 0.1) is 18.4 Å². The Morgan fingerprint density at radius 1 is 1.23 bits per heavy atom. The fourth-order valence-electron chi connectivity index (χ4n) is 2.34. The van der Waals surface area contributed by atoms with Crippen molar-refractivity contribution in [2.45, 2.75) is 33.2 Å². The zero-order valence-corrected chi connectivity index (χ0v) is 13.9. The van der Waals surface area contributed by atoms with Gasteiger partial charge in [0.1, 0.15) is 5.02 Å². The molecule has 0 unspecified atom stereocenters. The molecule has 0 aliphatic heterocycles. The molecule has 0 aliphatic carbocycles. The van der Waals surface area contributed by atoms with Gasteiger partial charge in [0, 0.05) is 13.1 Å². The number of rotatable bonds is 7. The van der Waals surface area contributed by atoms with Crippen LogP contribution in [0.2, 0.25) is 5.02 Å². The monoisotopic (exact) mass is 319 g/mol. The largest absolute Gasteiger partial charge is 0.369 e. The van der Waals surface area contributed by atoms with Crippen LogP contribution < -0.4 is 10.5 Å². The van der Waals surface area contributed by atoms with E-state index in [0.717, 1.165) is 37.2 Å². The van der Waals surface area contributed by atoms with Gasteiger partial charge < -0.3 is 4.90 Å². The molecule has 0 fully saturated rings. The second-order valence-corrected chi connectivity index (χ2v) is 5.60. The lowest BCUT2D eigenvalue weighted by atomic mass is 10.2. The molecule has 0 bridgehead atoms. The highest BCUT2D eigenvalue weighted by Gasteiger charge is 2.14. The van der Waals surface area contributed by atoms with Gasteiger partial charge in [-0.2, -0.15) is 5.10 Å². The quantitative estimate of drug-likeness (QED) is 0.783. The first-order valence-corrected chi connectivity index (χ1v) is 8.09. The first-order valence-electron chi connectivity index (χ1n) is 7.71. The molecule has 1 aromatic heterocycles. The van der Waals surface area contributed by atoms with Crippen LogP contribution in [0.4, 0.5) is 5.69 Å². The van der Waals surface area contributed by atoms with E-state index in [2.05, 4.69) is 23.8 Å². The number of hydrogen-bond acceptors (Lipinski definition) is 3. The second kappa shape index (κ2) is 7.99. The number of hydrogen-bond donors (Lipinski definition) is 0. The average molecular weight is 320 g/mol. The molecule has 0 saturated heterocycles. The molecule has 2 aromatic rings. The summed E-state index contributed by atoms with van der Waals surface area (Å²) in [6.45, 7) is 6.33. The van der Waals surface area contributed by atoms with Crippen molar-refractivity contribution in [2.75, 3.05) is 18.0 Å². The Balaban J connectivity index is 2.26. The van der Waals surface area contributed by atoms with Gasteiger partial charge >= 0.3 is 0 Å². The zero-order valence-electron chi connectivity index (χ0n) is 13.1. The van der Waals surface area contributed by atoms with Crippen molar-refractivity contribution in [1.82, 2.24) is 9.78 Å². The van der Waals surface area contributed by atoms with Crippen molar-refractivity contribution in [1.29, 1.82) is 0 Å². The fourth-order valence-corrected chi connectivity index (χ4v) is 2.61. The van der Waals surface area contributed by atoms with Crippen molar-refractivity contribution >= 4 is 17.3 Å². The van der Waals surface area contributed by atoms with Crippen molar-refractivity contribution in [3.05, 3.63) is 57.5 Å². The van der Waals surface area contributed by atoms with E-state index in [-0.39, 0.29) is 10.6 Å². The predicted molar refractivity (Wildman–Crippen MR) is 91.8 cm³/mol. The summed E-state index contributed by atoms with van der Waals surface area (Å²) in [6.07, 6.45) is 3.87. The highest BCUT2D eigenvalue weighted by atomic mass is 35.5. The van der Waals surface area contributed by atoms with E-state index in [1.54, 1.807) is 6.20 Å². The van der Waals surface area contributed by atoms with Crippen LogP contribution in [-0.4, -0.2) is 22.9 Å². The zero-order chi connectivity index (χ0) is 15.9. The lowest BCUT2D eigenvalue weighted by Crippen LogP contribution is -2.30. The number of nitrogens with zero attached hydrogens (tertiary/aromatic N) is 3. The summed E-state index contributed by atoms with van der Waals surface area (Å²) in [5.41, 5.74) is 1.52. The molecule has 5 heteroatoms. The lowest BCUT2D eigenvalue weighted by molar-refractivity contribution is 0.634. The minimum atomic E-state index is -0.238. The first-order chi connectivity index (χ1) is 10.7. The van der Waals surface area contributed by atoms with Crippen LogP contribution in [0.3, 0.4) is 0 Å². The predicted octanol–water partition coefficient (Wildman–Crippen LogP) is 3.57. The van der Waals surface area contributed by atoms with E-state index in [4.69, 9.17) is 11.6 Å². The maximum Gasteiger partial charge on any atom is 0.287 e. The average Bonchev–Trinajstić information content (AvgIpc) is 2.55. The van der Waals surface area contributed by atoms with Crippen molar-refractivity contribution in [3.8, 4) is 0 Å². The Bertz CT molecular complexity index is 655. The highest BCUT2D eigenvalue weighted by Crippen LogP contribution is 2.21. The van der Waals surface area contributed by atoms with E-state index in [1.807, 2.05) is 30.3 Å². The number of unbranched alkanes of at least 4 members (excludes halogenated alkanes) is 1. The minimum absolute atomic E-state index is 0.238. The van der Waals surface area contributed by atoms with Gasteiger partial charge in [0.15, 0.2) is 0 Å². The molecule has 0 atom stereocenters. The van der Waals surface area contributed by atoms with E-state index >= 15 is 0 Å². The van der Waals surface area contributed by atoms with E-state index in [0.29, 0.717) is 6.54 Å². The molecule has 1 aromatic carbocycles. The van der Waals surface area contributed by atoms with Crippen LogP contribution in [-0.2, 0) is 6.54 Å². The highest BCUT2D eigenvalue weighted by molar-refractivity contribution is 6.33. The van der Waals surface area contributed by atoms with Gasteiger partial charge in [-0.3, -0.25) is 4.79 Å². The van der Waals surface area contributed by atoms with Crippen molar-refractivity contribution < 1.29 is 0 Å². The Hall–Kier alpha value is -1.81. The summed E-state index contributed by atoms with van der Waals surface area (Å²) in [6, 6.07) is 9.77. The summed E-state index contributed by atoms with van der Waals surface area (Å²) >= 11 is 6.30. The van der Waals surface area contributed by atoms with Crippen LogP contribution in [0.5, 0.6) is 0 Å². The molecule has 4 nitrogen and oxygen atoms in total. The van der Waals surface area contributed by atoms with Gasteiger partial charge in [0.2, 0.25) is 0 Å². The summed E-state index contributed by atoms with van der Waals surface area (Å²) in [4.78, 5) is 14.5. The third-order valence-corrected chi connectivity index (χ3v) is 4.00. The summed E-state index contributed by atoms with van der Waals surface area (Å²) in [5.74, 6) is 0. The Morgan fingerprint density at radius 3 is 2.59 bits per heavy atom. The SMILES string of the molecule is CCCCN(CC)c1cnn(Cc2ccccc2)c(=O)c1Cl. The molecule has 0 spiro atoms. The fraction of sp³-hybridized carbons (Fsp3) is 0.412. The maximum absolute atomic E-state index is 12.4. The Morgan fingerprint density at radius 2 is 1.95 bits per heavy atom. The van der Waals surface area contributed by atoms with E-state index in [9.17, 15) is 4.79 Å². The van der Waals surface area contributed by atoms with Crippen LogP contribution in [0.15, 0.2) is 41.3 Å². The third-order valence-electron chi connectivity index (χ3n) is 3.65. The minimum Gasteiger partial charge on any atom is -0.369 e. The molecule has 118 valence electrons. The molecule has 0 radical (unpaired) electrons. The summed E-state index contributed by atoms with van der Waals surface area (Å²) in [7, 11) is 0. The maximum atomic E-state index is 12.4. The number of halogens is 1. The molecule has 0 aliphatic rings. The molecule has 0 N–H and O–H groups in total. The first kappa shape index (κ1) is 16.6. The van der Waals surface area contributed by atoms with Gasteiger partial charge in [-0.15, -0.1) is 0 Å². The van der Waals surface area contributed by atoms with E-state index < -0.39 is 0 Å². The second-order valence-electron chi connectivity index (χ2n) is 5.23. The Labute approximate surface area is 136 Å². The topological polar surface area (TPSA) is 38.1 Å². The Kier molecular flexibility index (Phi) is 6.01. The molecule has 2 rings (SSSR count). The lowest BCUT2D eigenvalue weighted by Gasteiger charge is -2.23. The summed E-state index contributed by atoms with van der Waals surface area (Å²) in [5, 5.41) is 4.54. The number of aromatic nitrogens is 2. The van der Waals surface area contributed by atoms with Gasteiger partial charge in [-0.05, 0) is 18.9 Å². The van der Waals surface area contributed by atoms with Gasteiger partial charge in [0.25, 0.3) is 5.56 Å². The van der Waals surface area contributed by atoms with Crippen molar-refractivity contribution in [3.63, 3.8) is 0 Å².